The van der Waals surface area contributed by atoms with E-state index in [1.807, 2.05) is 13.8 Å². The second-order valence-electron chi connectivity index (χ2n) is 5.07. The van der Waals surface area contributed by atoms with Crippen molar-refractivity contribution < 1.29 is 8.78 Å². The zero-order valence-corrected chi connectivity index (χ0v) is 13.1. The van der Waals surface area contributed by atoms with Gasteiger partial charge in [0.25, 0.3) is 0 Å². The minimum atomic E-state index is -0.648. The van der Waals surface area contributed by atoms with Crippen molar-refractivity contribution in [1.29, 1.82) is 0 Å². The van der Waals surface area contributed by atoms with Crippen molar-refractivity contribution in [2.75, 3.05) is 11.9 Å². The smallest absolute Gasteiger partial charge is 0.152 e. The van der Waals surface area contributed by atoms with E-state index < -0.39 is 11.6 Å². The van der Waals surface area contributed by atoms with Gasteiger partial charge in [-0.25, -0.2) is 13.8 Å². The van der Waals surface area contributed by atoms with E-state index in [0.29, 0.717) is 17.6 Å². The van der Waals surface area contributed by atoms with Gasteiger partial charge in [0.05, 0.1) is 10.7 Å². The molecule has 0 spiro atoms. The van der Waals surface area contributed by atoms with Crippen molar-refractivity contribution in [3.05, 3.63) is 51.6 Å². The van der Waals surface area contributed by atoms with E-state index in [1.165, 1.54) is 17.1 Å². The number of rotatable bonds is 4. The summed E-state index contributed by atoms with van der Waals surface area (Å²) >= 11 is 1.67. The number of nitrogens with one attached hydrogen (secondary N) is 1. The van der Waals surface area contributed by atoms with E-state index in [4.69, 9.17) is 0 Å². The summed E-state index contributed by atoms with van der Waals surface area (Å²) < 4.78 is 27.1. The molecule has 0 bridgehead atoms. The molecule has 0 atom stereocenters. The number of aromatic nitrogens is 2. The summed E-state index contributed by atoms with van der Waals surface area (Å²) in [4.78, 5) is 9.67. The van der Waals surface area contributed by atoms with Gasteiger partial charge in [-0.05, 0) is 26.0 Å². The maximum Gasteiger partial charge on any atom is 0.152 e. The van der Waals surface area contributed by atoms with Gasteiger partial charge >= 0.3 is 0 Å². The van der Waals surface area contributed by atoms with Crippen LogP contribution in [0, 0.1) is 25.5 Å². The number of halogens is 2. The van der Waals surface area contributed by atoms with Crippen LogP contribution in [-0.2, 0) is 6.42 Å². The van der Waals surface area contributed by atoms with Crippen LogP contribution in [-0.4, -0.2) is 16.5 Å². The minimum absolute atomic E-state index is 0.173. The molecule has 0 aliphatic rings. The highest BCUT2D eigenvalue weighted by Gasteiger charge is 2.09. The van der Waals surface area contributed by atoms with E-state index in [1.54, 1.807) is 17.4 Å². The molecule has 22 heavy (non-hydrogen) atoms. The standard InChI is InChI=1S/C16H15F2N3S/c1-9-10(2)22-15(21-9)4-6-19-14-3-5-20-16-12(14)7-11(17)8-13(16)18/h3,5,7-8H,4,6H2,1-2H3,(H,19,20). The Morgan fingerprint density at radius 1 is 1.23 bits per heavy atom. The Kier molecular flexibility index (Phi) is 4.02. The summed E-state index contributed by atoms with van der Waals surface area (Å²) in [5.41, 5.74) is 1.90. The first kappa shape index (κ1) is 14.8. The third-order valence-corrected chi connectivity index (χ3v) is 4.62. The van der Waals surface area contributed by atoms with E-state index in [2.05, 4.69) is 15.3 Å². The van der Waals surface area contributed by atoms with Gasteiger partial charge in [0.2, 0.25) is 0 Å². The monoisotopic (exact) mass is 319 g/mol. The number of anilines is 1. The highest BCUT2D eigenvalue weighted by molar-refractivity contribution is 7.11. The van der Waals surface area contributed by atoms with Crippen LogP contribution in [0.25, 0.3) is 10.9 Å². The van der Waals surface area contributed by atoms with Crippen LogP contribution >= 0.6 is 11.3 Å². The van der Waals surface area contributed by atoms with Crippen molar-refractivity contribution in [2.45, 2.75) is 20.3 Å². The lowest BCUT2D eigenvalue weighted by molar-refractivity contribution is 0.590. The summed E-state index contributed by atoms with van der Waals surface area (Å²) in [5.74, 6) is -1.25. The molecule has 0 radical (unpaired) electrons. The average Bonchev–Trinajstić information content (AvgIpc) is 2.78. The maximum atomic E-state index is 13.7. The fourth-order valence-corrected chi connectivity index (χ4v) is 3.22. The van der Waals surface area contributed by atoms with Crippen LogP contribution in [0.15, 0.2) is 24.4 Å². The van der Waals surface area contributed by atoms with Gasteiger partial charge in [-0.15, -0.1) is 11.3 Å². The highest BCUT2D eigenvalue weighted by atomic mass is 32.1. The Morgan fingerprint density at radius 3 is 2.77 bits per heavy atom. The average molecular weight is 319 g/mol. The molecule has 3 nitrogen and oxygen atoms in total. The molecule has 1 aromatic carbocycles. The number of hydrogen-bond acceptors (Lipinski definition) is 4. The molecular formula is C16H15F2N3S. The lowest BCUT2D eigenvalue weighted by atomic mass is 10.1. The number of pyridine rings is 1. The number of thiazole rings is 1. The summed E-state index contributed by atoms with van der Waals surface area (Å²) in [6, 6.07) is 3.87. The Bertz CT molecular complexity index is 810. The SMILES string of the molecule is Cc1nc(CCNc2ccnc3c(F)cc(F)cc23)sc1C. The lowest BCUT2D eigenvalue weighted by Crippen LogP contribution is -2.05. The lowest BCUT2D eigenvalue weighted by Gasteiger charge is -2.09. The summed E-state index contributed by atoms with van der Waals surface area (Å²) in [5, 5.41) is 4.72. The maximum absolute atomic E-state index is 13.7. The molecule has 0 unspecified atom stereocenters. The third kappa shape index (κ3) is 2.92. The van der Waals surface area contributed by atoms with E-state index in [0.717, 1.165) is 23.2 Å². The van der Waals surface area contributed by atoms with Gasteiger partial charge < -0.3 is 5.32 Å². The zero-order chi connectivity index (χ0) is 15.7. The Hall–Kier alpha value is -2.08. The summed E-state index contributed by atoms with van der Waals surface area (Å²) in [6.07, 6.45) is 2.28. The molecule has 2 aromatic heterocycles. The van der Waals surface area contributed by atoms with Gasteiger partial charge in [0.1, 0.15) is 11.3 Å². The van der Waals surface area contributed by atoms with Crippen LogP contribution in [0.5, 0.6) is 0 Å². The second kappa shape index (κ2) is 5.96. The van der Waals surface area contributed by atoms with Crippen LogP contribution in [0.3, 0.4) is 0 Å². The van der Waals surface area contributed by atoms with E-state index >= 15 is 0 Å². The fraction of sp³-hybridized carbons (Fsp3) is 0.250. The molecule has 3 rings (SSSR count). The predicted molar refractivity (Wildman–Crippen MR) is 85.4 cm³/mol. The number of benzene rings is 1. The minimum Gasteiger partial charge on any atom is -0.384 e. The normalized spacial score (nSPS) is 11.1. The van der Waals surface area contributed by atoms with Crippen LogP contribution in [0.1, 0.15) is 15.6 Å². The molecule has 0 aliphatic heterocycles. The van der Waals surface area contributed by atoms with Gasteiger partial charge in [-0.1, -0.05) is 0 Å². The number of aryl methyl sites for hydroxylation is 2. The Morgan fingerprint density at radius 2 is 2.05 bits per heavy atom. The second-order valence-corrected chi connectivity index (χ2v) is 6.36. The summed E-state index contributed by atoms with van der Waals surface area (Å²) in [6.45, 7) is 4.68. The first-order valence-electron chi connectivity index (χ1n) is 6.95. The molecule has 1 N–H and O–H groups in total. The molecule has 0 saturated carbocycles. The molecule has 0 fully saturated rings. The topological polar surface area (TPSA) is 37.8 Å². The quantitative estimate of drug-likeness (QED) is 0.781. The first-order valence-corrected chi connectivity index (χ1v) is 7.77. The van der Waals surface area contributed by atoms with Gasteiger partial charge in [0, 0.05) is 41.2 Å². The number of fused-ring (bicyclic) bond motifs is 1. The zero-order valence-electron chi connectivity index (χ0n) is 12.3. The molecule has 3 aromatic rings. The van der Waals surface area contributed by atoms with Crippen molar-refractivity contribution >= 4 is 27.9 Å². The van der Waals surface area contributed by atoms with Crippen LogP contribution in [0.2, 0.25) is 0 Å². The number of nitrogens with zero attached hydrogens (tertiary/aromatic N) is 2. The fourth-order valence-electron chi connectivity index (χ4n) is 2.28. The third-order valence-electron chi connectivity index (χ3n) is 3.49. The van der Waals surface area contributed by atoms with Gasteiger partial charge in [-0.3, -0.25) is 4.98 Å². The largest absolute Gasteiger partial charge is 0.384 e. The molecule has 114 valence electrons. The van der Waals surface area contributed by atoms with Crippen molar-refractivity contribution in [2.24, 2.45) is 0 Å². The molecular weight excluding hydrogens is 304 g/mol. The first-order chi connectivity index (χ1) is 10.5. The Balaban J connectivity index is 1.79. The van der Waals surface area contributed by atoms with E-state index in [9.17, 15) is 8.78 Å². The molecule has 0 aliphatic carbocycles. The molecule has 0 saturated heterocycles. The highest BCUT2D eigenvalue weighted by Crippen LogP contribution is 2.25. The van der Waals surface area contributed by atoms with Crippen LogP contribution in [0.4, 0.5) is 14.5 Å². The van der Waals surface area contributed by atoms with Crippen molar-refractivity contribution in [3.8, 4) is 0 Å². The number of hydrogen-bond donors (Lipinski definition) is 1. The summed E-state index contributed by atoms with van der Waals surface area (Å²) in [7, 11) is 0. The Labute approximate surface area is 131 Å². The van der Waals surface area contributed by atoms with Crippen molar-refractivity contribution in [1.82, 2.24) is 9.97 Å². The predicted octanol–water partition coefficient (Wildman–Crippen LogP) is 4.24. The van der Waals surface area contributed by atoms with E-state index in [-0.39, 0.29) is 5.52 Å². The molecule has 0 amide bonds. The molecule has 6 heteroatoms. The van der Waals surface area contributed by atoms with Gasteiger partial charge in [-0.2, -0.15) is 0 Å². The van der Waals surface area contributed by atoms with Crippen molar-refractivity contribution in [3.63, 3.8) is 0 Å². The molecule has 2 heterocycles. The van der Waals surface area contributed by atoms with Gasteiger partial charge in [0.15, 0.2) is 5.82 Å². The van der Waals surface area contributed by atoms with Crippen LogP contribution < -0.4 is 5.32 Å².